The Morgan fingerprint density at radius 2 is 1.84 bits per heavy atom. The van der Waals surface area contributed by atoms with E-state index in [9.17, 15) is 8.42 Å². The van der Waals surface area contributed by atoms with Crippen molar-refractivity contribution in [3.05, 3.63) is 5.69 Å². The summed E-state index contributed by atoms with van der Waals surface area (Å²) in [5, 5.41) is 11.3. The van der Waals surface area contributed by atoms with E-state index in [1.54, 1.807) is 0 Å². The van der Waals surface area contributed by atoms with Crippen LogP contribution < -0.4 is 0 Å². The zero-order chi connectivity index (χ0) is 14.4. The van der Waals surface area contributed by atoms with Gasteiger partial charge in [0.2, 0.25) is 0 Å². The van der Waals surface area contributed by atoms with Crippen LogP contribution in [0, 0.1) is 0 Å². The molecule has 0 radical (unpaired) electrons. The first kappa shape index (κ1) is 14.4. The first-order valence-corrected chi connectivity index (χ1v) is 8.38. The van der Waals surface area contributed by atoms with Crippen molar-refractivity contribution >= 4 is 31.3 Å². The largest absolute Gasteiger partial charge is 0.299 e. The number of aromatic nitrogens is 5. The first-order chi connectivity index (χ1) is 8.62. The molecule has 0 fully saturated rings. The minimum absolute atomic E-state index is 0.228. The molecule has 0 atom stereocenters. The smallest absolute Gasteiger partial charge is 0.296 e. The summed E-state index contributed by atoms with van der Waals surface area (Å²) in [5.74, 6) is 0.388. The maximum absolute atomic E-state index is 11.3. The molecule has 10 heteroatoms. The summed E-state index contributed by atoms with van der Waals surface area (Å²) < 4.78 is 27.9. The second kappa shape index (κ2) is 4.50. The molecule has 0 N–H and O–H groups in total. The molecule has 0 spiro atoms. The molecule has 2 rings (SSSR count). The second-order valence-corrected chi connectivity index (χ2v) is 8.22. The topological polar surface area (TPSA) is 90.6 Å². The van der Waals surface area contributed by atoms with E-state index in [-0.39, 0.29) is 10.6 Å². The van der Waals surface area contributed by atoms with Crippen LogP contribution >= 0.6 is 22.2 Å². The van der Waals surface area contributed by atoms with Crippen molar-refractivity contribution in [1.82, 2.24) is 24.4 Å². The number of hydrogen-bond donors (Lipinski definition) is 0. The Bertz CT molecular complexity index is 713. The van der Waals surface area contributed by atoms with E-state index < -0.39 is 9.05 Å². The van der Waals surface area contributed by atoms with Crippen LogP contribution in [0.1, 0.15) is 26.5 Å². The predicted molar refractivity (Wildman–Crippen MR) is 71.6 cm³/mol. The highest BCUT2D eigenvalue weighted by atomic mass is 35.7. The lowest BCUT2D eigenvalue weighted by molar-refractivity contribution is 0.567. The summed E-state index contributed by atoms with van der Waals surface area (Å²) >= 11 is 1.15. The van der Waals surface area contributed by atoms with Crippen LogP contribution in [0.15, 0.2) is 5.16 Å². The normalized spacial score (nSPS) is 12.9. The predicted octanol–water partition coefficient (Wildman–Crippen LogP) is 1.56. The summed E-state index contributed by atoms with van der Waals surface area (Å²) in [7, 11) is 2.90. The Labute approximate surface area is 119 Å². The van der Waals surface area contributed by atoms with Crippen molar-refractivity contribution < 1.29 is 8.42 Å². The number of hydrogen-bond acceptors (Lipinski definition) is 7. The number of rotatable bonds is 2. The number of nitrogens with zero attached hydrogens (tertiary/aromatic N) is 5. The summed E-state index contributed by atoms with van der Waals surface area (Å²) in [5.41, 5.74) is 0.514. The van der Waals surface area contributed by atoms with Gasteiger partial charge in [0, 0.05) is 23.1 Å². The molecule has 0 amide bonds. The van der Waals surface area contributed by atoms with Crippen molar-refractivity contribution in [2.75, 3.05) is 0 Å². The van der Waals surface area contributed by atoms with Gasteiger partial charge >= 0.3 is 0 Å². The van der Waals surface area contributed by atoms with Gasteiger partial charge in [0.05, 0.1) is 5.69 Å². The Balaban J connectivity index is 2.63. The lowest BCUT2D eigenvalue weighted by Gasteiger charge is -2.15. The van der Waals surface area contributed by atoms with Gasteiger partial charge in [-0.25, -0.2) is 8.42 Å². The highest BCUT2D eigenvalue weighted by molar-refractivity contribution is 8.13. The summed E-state index contributed by atoms with van der Waals surface area (Å²) in [6.45, 7) is 5.97. The summed E-state index contributed by atoms with van der Waals surface area (Å²) in [6.07, 6.45) is 0. The van der Waals surface area contributed by atoms with E-state index in [0.717, 1.165) is 17.2 Å². The van der Waals surface area contributed by atoms with E-state index in [0.29, 0.717) is 10.7 Å². The molecule has 2 aromatic rings. The second-order valence-electron chi connectivity index (χ2n) is 5.00. The molecule has 0 aliphatic rings. The summed E-state index contributed by atoms with van der Waals surface area (Å²) in [6, 6.07) is 0. The van der Waals surface area contributed by atoms with E-state index in [2.05, 4.69) is 19.8 Å². The van der Waals surface area contributed by atoms with Gasteiger partial charge in [0.1, 0.15) is 4.88 Å². The molecule has 0 unspecified atom stereocenters. The monoisotopic (exact) mass is 321 g/mol. The van der Waals surface area contributed by atoms with E-state index in [1.807, 2.05) is 20.8 Å². The maximum Gasteiger partial charge on any atom is 0.296 e. The fourth-order valence-electron chi connectivity index (χ4n) is 1.55. The van der Waals surface area contributed by atoms with Gasteiger partial charge in [-0.05, 0) is 11.5 Å². The quantitative estimate of drug-likeness (QED) is 0.780. The third kappa shape index (κ3) is 2.63. The van der Waals surface area contributed by atoms with Crippen LogP contribution in [0.2, 0.25) is 0 Å². The standard InChI is InChI=1S/C9H12ClN5O2S2/c1-9(2,3)6-5(18-14-11-6)7-12-13-8(15(7)4)19(10,16)17/h1-4H3. The molecule has 2 aromatic heterocycles. The molecular weight excluding hydrogens is 310 g/mol. The molecule has 19 heavy (non-hydrogen) atoms. The van der Waals surface area contributed by atoms with Gasteiger partial charge in [0.15, 0.2) is 5.82 Å². The van der Waals surface area contributed by atoms with Crippen LogP contribution in [-0.4, -0.2) is 32.8 Å². The van der Waals surface area contributed by atoms with Crippen LogP contribution in [-0.2, 0) is 21.5 Å². The van der Waals surface area contributed by atoms with Crippen molar-refractivity contribution in [3.8, 4) is 10.7 Å². The van der Waals surface area contributed by atoms with E-state index in [1.165, 1.54) is 11.6 Å². The van der Waals surface area contributed by atoms with E-state index in [4.69, 9.17) is 10.7 Å². The zero-order valence-corrected chi connectivity index (χ0v) is 13.1. The zero-order valence-electron chi connectivity index (χ0n) is 10.7. The van der Waals surface area contributed by atoms with Crippen LogP contribution in [0.3, 0.4) is 0 Å². The Kier molecular flexibility index (Phi) is 3.40. The lowest BCUT2D eigenvalue weighted by atomic mass is 9.91. The fourth-order valence-corrected chi connectivity index (χ4v) is 3.41. The molecule has 0 bridgehead atoms. The van der Waals surface area contributed by atoms with Crippen molar-refractivity contribution in [2.45, 2.75) is 31.3 Å². The maximum atomic E-state index is 11.3. The van der Waals surface area contributed by atoms with Gasteiger partial charge in [-0.3, -0.25) is 4.57 Å². The molecule has 0 aliphatic carbocycles. The average molecular weight is 322 g/mol. The van der Waals surface area contributed by atoms with Gasteiger partial charge in [-0.2, -0.15) is 0 Å². The Morgan fingerprint density at radius 3 is 2.32 bits per heavy atom. The molecule has 104 valence electrons. The van der Waals surface area contributed by atoms with Crippen molar-refractivity contribution in [2.24, 2.45) is 7.05 Å². The number of halogens is 1. The molecule has 0 saturated carbocycles. The lowest BCUT2D eigenvalue weighted by Crippen LogP contribution is -2.14. The molecule has 0 saturated heterocycles. The van der Waals surface area contributed by atoms with Crippen molar-refractivity contribution in [1.29, 1.82) is 0 Å². The average Bonchev–Trinajstić information content (AvgIpc) is 2.79. The molecular formula is C9H12ClN5O2S2. The van der Waals surface area contributed by atoms with Gasteiger partial charge < -0.3 is 0 Å². The van der Waals surface area contributed by atoms with Crippen LogP contribution in [0.5, 0.6) is 0 Å². The van der Waals surface area contributed by atoms with Crippen LogP contribution in [0.4, 0.5) is 0 Å². The minimum Gasteiger partial charge on any atom is -0.299 e. The van der Waals surface area contributed by atoms with Gasteiger partial charge in [-0.15, -0.1) is 15.3 Å². The fraction of sp³-hybridized carbons (Fsp3) is 0.556. The van der Waals surface area contributed by atoms with Gasteiger partial charge in [-0.1, -0.05) is 25.3 Å². The van der Waals surface area contributed by atoms with E-state index >= 15 is 0 Å². The van der Waals surface area contributed by atoms with Crippen LogP contribution in [0.25, 0.3) is 10.7 Å². The Hall–Kier alpha value is -1.06. The minimum atomic E-state index is -3.93. The highest BCUT2D eigenvalue weighted by Crippen LogP contribution is 2.33. The van der Waals surface area contributed by atoms with Crippen molar-refractivity contribution in [3.63, 3.8) is 0 Å². The third-order valence-corrected chi connectivity index (χ3v) is 4.38. The first-order valence-electron chi connectivity index (χ1n) is 5.29. The summed E-state index contributed by atoms with van der Waals surface area (Å²) in [4.78, 5) is 0.689. The third-order valence-electron chi connectivity index (χ3n) is 2.45. The molecule has 0 aliphatic heterocycles. The molecule has 2 heterocycles. The van der Waals surface area contributed by atoms with Gasteiger partial charge in [0.25, 0.3) is 14.2 Å². The molecule has 0 aromatic carbocycles. The SMILES string of the molecule is Cn1c(-c2snnc2C(C)(C)C)nnc1S(=O)(=O)Cl. The highest BCUT2D eigenvalue weighted by Gasteiger charge is 2.28. The molecule has 7 nitrogen and oxygen atoms in total. The Morgan fingerprint density at radius 1 is 1.21 bits per heavy atom.